The molecular weight excluding hydrogens is 507 g/mol. The Morgan fingerprint density at radius 2 is 1.85 bits per heavy atom. The highest BCUT2D eigenvalue weighted by Gasteiger charge is 2.63. The van der Waals surface area contributed by atoms with Crippen molar-refractivity contribution in [1.82, 2.24) is 19.7 Å². The van der Waals surface area contributed by atoms with Crippen LogP contribution in [0.3, 0.4) is 0 Å². The van der Waals surface area contributed by atoms with Crippen molar-refractivity contribution in [2.45, 2.75) is 50.4 Å². The zero-order chi connectivity index (χ0) is 27.0. The molecule has 1 spiro atoms. The van der Waals surface area contributed by atoms with Crippen LogP contribution in [0.15, 0.2) is 42.7 Å². The number of hydrogen-bond donors (Lipinski definition) is 0. The molecule has 2 aliphatic carbocycles. The number of halogens is 3. The molecule has 39 heavy (non-hydrogen) atoms. The number of aromatic nitrogens is 3. The molecule has 7 nitrogen and oxygen atoms in total. The lowest BCUT2D eigenvalue weighted by atomic mass is 9.56. The van der Waals surface area contributed by atoms with E-state index in [4.69, 9.17) is 4.74 Å². The molecule has 0 N–H and O–H groups in total. The lowest BCUT2D eigenvalue weighted by Crippen LogP contribution is -2.45. The third-order valence-electron chi connectivity index (χ3n) is 9.08. The van der Waals surface area contributed by atoms with Gasteiger partial charge in [-0.25, -0.2) is 0 Å². The van der Waals surface area contributed by atoms with Gasteiger partial charge < -0.3 is 14.2 Å². The van der Waals surface area contributed by atoms with E-state index in [0.717, 1.165) is 24.2 Å². The molecule has 2 aliphatic heterocycles. The first-order valence-corrected chi connectivity index (χ1v) is 13.5. The molecule has 0 bridgehead atoms. The number of hydrogen-bond acceptors (Lipinski definition) is 5. The van der Waals surface area contributed by atoms with Gasteiger partial charge >= 0.3 is 6.18 Å². The molecule has 0 unspecified atom stereocenters. The fourth-order valence-electron chi connectivity index (χ4n) is 6.98. The molecule has 3 heterocycles. The summed E-state index contributed by atoms with van der Waals surface area (Å²) < 4.78 is 50.0. The van der Waals surface area contributed by atoms with Gasteiger partial charge in [0.25, 0.3) is 5.91 Å². The monoisotopic (exact) mass is 537 g/mol. The smallest absolute Gasteiger partial charge is 0.379 e. The predicted molar refractivity (Wildman–Crippen MR) is 137 cm³/mol. The minimum Gasteiger partial charge on any atom is -0.379 e. The number of anilines is 1. The number of morpholine rings is 1. The van der Waals surface area contributed by atoms with Gasteiger partial charge in [0.1, 0.15) is 12.2 Å². The van der Waals surface area contributed by atoms with Crippen LogP contribution in [0.25, 0.3) is 0 Å². The summed E-state index contributed by atoms with van der Waals surface area (Å²) >= 11 is 0. The van der Waals surface area contributed by atoms with Gasteiger partial charge in [-0.2, -0.15) is 13.2 Å². The Kier molecular flexibility index (Phi) is 5.48. The Morgan fingerprint density at radius 1 is 1.08 bits per heavy atom. The molecular formula is C29H30F3N5O2. The van der Waals surface area contributed by atoms with Crippen molar-refractivity contribution in [1.29, 1.82) is 0 Å². The standard InChI is InChI=1S/C29H30F3N5O2/c1-35-18-33-34-26(35)28(16-27(17-28)5-6-27)20-3-2-4-21(13-20)37-15-23-22(25(37)38)11-19(12-24(23)29(30,31)32)14-36-7-9-39-10-8-36/h2-4,11-13,18H,5-10,14-17H2,1H3. The minimum atomic E-state index is -4.55. The molecule has 7 rings (SSSR count). The summed E-state index contributed by atoms with van der Waals surface area (Å²) in [6.07, 6.45) is 1.49. The number of rotatable bonds is 5. The van der Waals surface area contributed by atoms with Crippen LogP contribution in [0.5, 0.6) is 0 Å². The normalized spacial score (nSPS) is 21.7. The predicted octanol–water partition coefficient (Wildman–Crippen LogP) is 4.69. The SMILES string of the molecule is Cn1cnnc1C1(c2cccc(N3Cc4c(cc(CN5CCOCC5)cc4C(F)(F)F)C3=O)c2)CC2(CC2)C1. The van der Waals surface area contributed by atoms with Crippen LogP contribution in [0, 0.1) is 5.41 Å². The van der Waals surface area contributed by atoms with E-state index in [1.165, 1.54) is 23.8 Å². The molecule has 1 aromatic heterocycles. The fraction of sp³-hybridized carbons (Fsp3) is 0.483. The Hall–Kier alpha value is -3.24. The van der Waals surface area contributed by atoms with Crippen molar-refractivity contribution in [3.63, 3.8) is 0 Å². The van der Waals surface area contributed by atoms with E-state index < -0.39 is 17.6 Å². The summed E-state index contributed by atoms with van der Waals surface area (Å²) in [5.41, 5.74) is 1.65. The minimum absolute atomic E-state index is 0.0484. The van der Waals surface area contributed by atoms with E-state index in [9.17, 15) is 18.0 Å². The van der Waals surface area contributed by atoms with Crippen molar-refractivity contribution in [3.05, 3.63) is 76.4 Å². The third-order valence-corrected chi connectivity index (χ3v) is 9.08. The maximum atomic E-state index is 14.2. The van der Waals surface area contributed by atoms with Crippen molar-refractivity contribution in [2.75, 3.05) is 31.2 Å². The Balaban J connectivity index is 1.23. The first-order chi connectivity index (χ1) is 18.7. The van der Waals surface area contributed by atoms with E-state index >= 15 is 0 Å². The second kappa shape index (κ2) is 8.63. The van der Waals surface area contributed by atoms with E-state index in [0.29, 0.717) is 49.5 Å². The molecule has 3 fully saturated rings. The fourth-order valence-corrected chi connectivity index (χ4v) is 6.98. The molecule has 0 atom stereocenters. The maximum absolute atomic E-state index is 14.2. The molecule has 4 aliphatic rings. The summed E-state index contributed by atoms with van der Waals surface area (Å²) in [5.74, 6) is 0.497. The number of ether oxygens (including phenoxy) is 1. The highest BCUT2D eigenvalue weighted by atomic mass is 19.4. The summed E-state index contributed by atoms with van der Waals surface area (Å²) in [6, 6.07) is 10.6. The van der Waals surface area contributed by atoms with E-state index in [2.05, 4.69) is 15.1 Å². The van der Waals surface area contributed by atoms with Gasteiger partial charge in [-0.15, -0.1) is 10.2 Å². The van der Waals surface area contributed by atoms with Crippen LogP contribution in [0.4, 0.5) is 18.9 Å². The topological polar surface area (TPSA) is 63.5 Å². The quantitative estimate of drug-likeness (QED) is 0.473. The van der Waals surface area contributed by atoms with Crippen LogP contribution < -0.4 is 4.90 Å². The molecule has 204 valence electrons. The van der Waals surface area contributed by atoms with Crippen LogP contribution >= 0.6 is 0 Å². The van der Waals surface area contributed by atoms with Crippen molar-refractivity contribution >= 4 is 11.6 Å². The van der Waals surface area contributed by atoms with Crippen molar-refractivity contribution in [2.24, 2.45) is 12.5 Å². The molecule has 1 saturated heterocycles. The third kappa shape index (κ3) is 4.07. The lowest BCUT2D eigenvalue weighted by Gasteiger charge is -2.48. The number of amides is 1. The summed E-state index contributed by atoms with van der Waals surface area (Å²) in [7, 11) is 1.94. The van der Waals surface area contributed by atoms with Gasteiger partial charge in [0.05, 0.1) is 30.7 Å². The van der Waals surface area contributed by atoms with Gasteiger partial charge in [0.2, 0.25) is 0 Å². The first-order valence-electron chi connectivity index (χ1n) is 13.5. The molecule has 0 radical (unpaired) electrons. The zero-order valence-electron chi connectivity index (χ0n) is 21.8. The Labute approximate surface area is 224 Å². The number of alkyl halides is 3. The summed E-state index contributed by atoms with van der Waals surface area (Å²) in [6.45, 7) is 2.66. The summed E-state index contributed by atoms with van der Waals surface area (Å²) in [4.78, 5) is 17.2. The van der Waals surface area contributed by atoms with Gasteiger partial charge in [0.15, 0.2) is 0 Å². The zero-order valence-corrected chi connectivity index (χ0v) is 21.8. The molecule has 10 heteroatoms. The maximum Gasteiger partial charge on any atom is 0.416 e. The average molecular weight is 538 g/mol. The van der Waals surface area contributed by atoms with Gasteiger partial charge in [-0.05, 0) is 72.1 Å². The molecule has 3 aromatic rings. The highest BCUT2D eigenvalue weighted by Crippen LogP contribution is 2.70. The van der Waals surface area contributed by atoms with Crippen LogP contribution in [-0.4, -0.2) is 51.9 Å². The largest absolute Gasteiger partial charge is 0.416 e. The Morgan fingerprint density at radius 3 is 2.51 bits per heavy atom. The van der Waals surface area contributed by atoms with Crippen LogP contribution in [0.2, 0.25) is 0 Å². The lowest BCUT2D eigenvalue weighted by molar-refractivity contribution is -0.138. The van der Waals surface area contributed by atoms with Gasteiger partial charge in [0, 0.05) is 37.9 Å². The summed E-state index contributed by atoms with van der Waals surface area (Å²) in [5, 5.41) is 8.56. The number of carbonyl (C=O) groups excluding carboxylic acids is 1. The second-order valence-electron chi connectivity index (χ2n) is 11.7. The number of aryl methyl sites for hydroxylation is 1. The van der Waals surface area contributed by atoms with Gasteiger partial charge in [-0.3, -0.25) is 9.69 Å². The average Bonchev–Trinajstić information content (AvgIpc) is 3.46. The van der Waals surface area contributed by atoms with Gasteiger partial charge in [-0.1, -0.05) is 12.1 Å². The van der Waals surface area contributed by atoms with E-state index in [-0.39, 0.29) is 23.1 Å². The number of benzene rings is 2. The number of fused-ring (bicyclic) bond motifs is 1. The van der Waals surface area contributed by atoms with E-state index in [1.54, 1.807) is 12.4 Å². The van der Waals surface area contributed by atoms with Crippen LogP contribution in [0.1, 0.15) is 64.1 Å². The van der Waals surface area contributed by atoms with Crippen LogP contribution in [-0.2, 0) is 36.5 Å². The molecule has 2 aromatic carbocycles. The van der Waals surface area contributed by atoms with Crippen molar-refractivity contribution in [3.8, 4) is 0 Å². The number of carbonyl (C=O) groups is 1. The Bertz CT molecular complexity index is 1450. The highest BCUT2D eigenvalue weighted by molar-refractivity contribution is 6.10. The van der Waals surface area contributed by atoms with E-state index in [1.807, 2.05) is 35.9 Å². The first kappa shape index (κ1) is 24.8. The molecule has 1 amide bonds. The van der Waals surface area contributed by atoms with Crippen molar-refractivity contribution < 1.29 is 22.7 Å². The second-order valence-corrected chi connectivity index (χ2v) is 11.7. The molecule has 2 saturated carbocycles. The number of nitrogens with zero attached hydrogens (tertiary/aromatic N) is 5.